The smallest absolute Gasteiger partial charge is 0.411 e. The molecule has 0 bridgehead atoms. The highest BCUT2D eigenvalue weighted by molar-refractivity contribution is 5.95. The number of carboxylic acids is 3. The van der Waals surface area contributed by atoms with Gasteiger partial charge in [-0.1, -0.05) is 106 Å². The molecule has 2 aliphatic rings. The monoisotopic (exact) mass is 802 g/mol. The highest BCUT2D eigenvalue weighted by atomic mass is 19.1. The van der Waals surface area contributed by atoms with E-state index in [0.717, 1.165) is 29.5 Å². The Balaban J connectivity index is 0.000000181. The van der Waals surface area contributed by atoms with Gasteiger partial charge in [0.25, 0.3) is 0 Å². The van der Waals surface area contributed by atoms with Crippen molar-refractivity contribution in [1.29, 1.82) is 0 Å². The van der Waals surface area contributed by atoms with Crippen molar-refractivity contribution in [3.05, 3.63) is 155 Å². The second-order valence-electron chi connectivity index (χ2n) is 15.3. The van der Waals surface area contributed by atoms with Crippen molar-refractivity contribution in [1.82, 2.24) is 0 Å². The first-order chi connectivity index (χ1) is 28.1. The number of nitrogens with one attached hydrogen (secondary N) is 2. The summed E-state index contributed by atoms with van der Waals surface area (Å²) in [5.74, 6) is -5.00. The number of hydrogen-bond donors (Lipinski definition) is 5. The summed E-state index contributed by atoms with van der Waals surface area (Å²) < 4.78 is 18.9. The van der Waals surface area contributed by atoms with Crippen molar-refractivity contribution in [3.8, 4) is 11.1 Å². The molecule has 5 aromatic rings. The molecule has 0 heterocycles. The number of halogens is 1. The minimum Gasteiger partial charge on any atom is -0.481 e. The first-order valence-electron chi connectivity index (χ1n) is 19.2. The predicted octanol–water partition coefficient (Wildman–Crippen LogP) is 10.1. The lowest BCUT2D eigenvalue weighted by atomic mass is 9.78. The Morgan fingerprint density at radius 1 is 0.644 bits per heavy atom. The van der Waals surface area contributed by atoms with Crippen LogP contribution in [0.25, 0.3) is 11.1 Å². The standard InChI is InChI=1S/C22H17NO4.C14H16FNO3.C11H14O2/c24-21(25)14-9-11-15(12-10-14)23-22(26)27-13-20-18-7-3-1-5-16(18)17-6-2-4-8-19(17)20;15-11-7-3-4-8-12(11)16-13(17)9-5-1-2-6-10(9)14(18)19;1-11(2,3)9-6-4-8(5-7-9)10(12)13/h1-12,20H,13H2,(H,23,26)(H,24,25);3-4,7-10H,1-2,5-6H2,(H,16,17)(H,18,19);4-7H,1-3H3,(H,12,13)/t;9-,10+;/m.0./s1. The maximum absolute atomic E-state index is 13.4. The van der Waals surface area contributed by atoms with Crippen molar-refractivity contribution in [3.63, 3.8) is 0 Å². The summed E-state index contributed by atoms with van der Waals surface area (Å²) in [5, 5.41) is 31.8. The molecular weight excluding hydrogens is 756 g/mol. The zero-order valence-corrected chi connectivity index (χ0v) is 33.0. The number of carbonyl (C=O) groups is 5. The van der Waals surface area contributed by atoms with E-state index in [1.807, 2.05) is 36.4 Å². The summed E-state index contributed by atoms with van der Waals surface area (Å²) in [6.45, 7) is 6.53. The second-order valence-corrected chi connectivity index (χ2v) is 15.3. The Morgan fingerprint density at radius 2 is 1.14 bits per heavy atom. The number of hydrogen-bond acceptors (Lipinski definition) is 6. The SMILES string of the molecule is CC(C)(C)c1ccc(C(=O)O)cc1.O=C(Nc1ccc(C(=O)O)cc1)OCC1c2ccccc2-c2ccccc21.O=C(Nc1ccccc1F)[C@H]1CCCC[C@H]1C(=O)O. The second kappa shape index (κ2) is 19.6. The summed E-state index contributed by atoms with van der Waals surface area (Å²) >= 11 is 0. The number of carboxylic acid groups (broad SMARTS) is 3. The number of para-hydroxylation sites is 1. The quantitative estimate of drug-likeness (QED) is 0.102. The average molecular weight is 803 g/mol. The summed E-state index contributed by atoms with van der Waals surface area (Å²) in [5.41, 5.74) is 6.96. The highest BCUT2D eigenvalue weighted by Gasteiger charge is 2.36. The van der Waals surface area contributed by atoms with Gasteiger partial charge in [0.1, 0.15) is 12.4 Å². The summed E-state index contributed by atoms with van der Waals surface area (Å²) in [7, 11) is 0. The predicted molar refractivity (Wildman–Crippen MR) is 222 cm³/mol. The van der Waals surface area contributed by atoms with Crippen LogP contribution in [0.2, 0.25) is 0 Å². The van der Waals surface area contributed by atoms with E-state index in [2.05, 4.69) is 55.7 Å². The molecule has 12 heteroatoms. The number of carbonyl (C=O) groups excluding carboxylic acids is 2. The molecule has 5 aromatic carbocycles. The van der Waals surface area contributed by atoms with Gasteiger partial charge in [-0.3, -0.25) is 14.9 Å². The van der Waals surface area contributed by atoms with E-state index < -0.39 is 47.6 Å². The maximum Gasteiger partial charge on any atom is 0.411 e. The van der Waals surface area contributed by atoms with Crippen LogP contribution in [0.1, 0.15) is 89.8 Å². The Morgan fingerprint density at radius 3 is 1.64 bits per heavy atom. The van der Waals surface area contributed by atoms with Gasteiger partial charge in [0, 0.05) is 11.6 Å². The van der Waals surface area contributed by atoms with Gasteiger partial charge >= 0.3 is 24.0 Å². The number of aliphatic carboxylic acids is 1. The maximum atomic E-state index is 13.4. The highest BCUT2D eigenvalue weighted by Crippen LogP contribution is 2.44. The number of benzene rings is 5. The van der Waals surface area contributed by atoms with Gasteiger partial charge in [-0.25, -0.2) is 18.8 Å². The normalized spacial score (nSPS) is 15.4. The van der Waals surface area contributed by atoms with Gasteiger partial charge in [-0.05, 0) is 94.6 Å². The molecule has 0 radical (unpaired) electrons. The Bertz CT molecular complexity index is 2240. The molecule has 0 saturated heterocycles. The Hall–Kier alpha value is -6.82. The summed E-state index contributed by atoms with van der Waals surface area (Å²) in [6.07, 6.45) is 2.13. The van der Waals surface area contributed by atoms with Crippen LogP contribution in [0.3, 0.4) is 0 Å². The fourth-order valence-corrected chi connectivity index (χ4v) is 7.09. The van der Waals surface area contributed by atoms with Crippen molar-refractivity contribution in [2.24, 2.45) is 11.8 Å². The van der Waals surface area contributed by atoms with E-state index in [1.54, 1.807) is 18.2 Å². The third-order valence-electron chi connectivity index (χ3n) is 10.3. The number of rotatable bonds is 8. The van der Waals surface area contributed by atoms with E-state index in [9.17, 15) is 28.4 Å². The topological polar surface area (TPSA) is 179 Å². The van der Waals surface area contributed by atoms with Crippen LogP contribution in [0.5, 0.6) is 0 Å². The summed E-state index contributed by atoms with van der Waals surface area (Å²) in [6, 6.07) is 35.1. The molecule has 5 N–H and O–H groups in total. The molecule has 0 aliphatic heterocycles. The number of amides is 2. The molecule has 1 fully saturated rings. The third kappa shape index (κ3) is 11.4. The van der Waals surface area contributed by atoms with Crippen molar-refractivity contribution in [2.45, 2.75) is 57.8 Å². The van der Waals surface area contributed by atoms with Crippen LogP contribution in [-0.4, -0.2) is 51.8 Å². The zero-order valence-electron chi connectivity index (χ0n) is 33.0. The van der Waals surface area contributed by atoms with Crippen LogP contribution in [0.15, 0.2) is 121 Å². The van der Waals surface area contributed by atoms with Gasteiger partial charge in [0.05, 0.1) is 28.7 Å². The lowest BCUT2D eigenvalue weighted by Gasteiger charge is -2.27. The van der Waals surface area contributed by atoms with Gasteiger partial charge in [-0.2, -0.15) is 0 Å². The van der Waals surface area contributed by atoms with Crippen LogP contribution in [0, 0.1) is 17.7 Å². The van der Waals surface area contributed by atoms with Gasteiger partial charge in [-0.15, -0.1) is 0 Å². The van der Waals surface area contributed by atoms with Crippen LogP contribution in [0.4, 0.5) is 20.6 Å². The molecule has 2 atom stereocenters. The van der Waals surface area contributed by atoms with Crippen LogP contribution in [-0.2, 0) is 19.7 Å². The zero-order chi connectivity index (χ0) is 42.7. The average Bonchev–Trinajstić information content (AvgIpc) is 3.54. The third-order valence-corrected chi connectivity index (χ3v) is 10.3. The Labute approximate surface area is 341 Å². The lowest BCUT2D eigenvalue weighted by Crippen LogP contribution is -2.36. The first kappa shape index (κ1) is 43.3. The van der Waals surface area contributed by atoms with E-state index in [-0.39, 0.29) is 29.2 Å². The van der Waals surface area contributed by atoms with Crippen LogP contribution >= 0.6 is 0 Å². The molecular formula is C47H47FN2O9. The molecule has 0 unspecified atom stereocenters. The first-order valence-corrected chi connectivity index (χ1v) is 19.2. The lowest BCUT2D eigenvalue weighted by molar-refractivity contribution is -0.147. The van der Waals surface area contributed by atoms with Gasteiger partial charge in [0.15, 0.2) is 0 Å². The minimum atomic E-state index is -1.01. The molecule has 0 spiro atoms. The van der Waals surface area contributed by atoms with E-state index in [4.69, 9.17) is 20.1 Å². The summed E-state index contributed by atoms with van der Waals surface area (Å²) in [4.78, 5) is 56.8. The van der Waals surface area contributed by atoms with E-state index >= 15 is 0 Å². The molecule has 2 aliphatic carbocycles. The molecule has 306 valence electrons. The molecule has 1 saturated carbocycles. The van der Waals surface area contributed by atoms with Gasteiger partial charge < -0.3 is 25.4 Å². The van der Waals surface area contributed by atoms with Crippen molar-refractivity contribution < 1.29 is 48.4 Å². The number of aromatic carboxylic acids is 2. The molecule has 59 heavy (non-hydrogen) atoms. The molecule has 0 aromatic heterocycles. The number of ether oxygens (including phenoxy) is 1. The fourth-order valence-electron chi connectivity index (χ4n) is 7.09. The number of anilines is 2. The fraction of sp³-hybridized carbons (Fsp3) is 0.255. The largest absolute Gasteiger partial charge is 0.481 e. The van der Waals surface area contributed by atoms with Gasteiger partial charge in [0.2, 0.25) is 5.91 Å². The van der Waals surface area contributed by atoms with E-state index in [0.29, 0.717) is 24.1 Å². The molecule has 11 nitrogen and oxygen atoms in total. The minimum absolute atomic E-state index is 0.00228. The Kier molecular flexibility index (Phi) is 14.4. The van der Waals surface area contributed by atoms with Crippen molar-refractivity contribution in [2.75, 3.05) is 17.2 Å². The molecule has 2 amide bonds. The number of fused-ring (bicyclic) bond motifs is 3. The van der Waals surface area contributed by atoms with E-state index in [1.165, 1.54) is 53.6 Å². The molecule has 7 rings (SSSR count). The van der Waals surface area contributed by atoms with Crippen molar-refractivity contribution >= 4 is 41.3 Å². The van der Waals surface area contributed by atoms with Crippen LogP contribution < -0.4 is 10.6 Å².